The summed E-state index contributed by atoms with van der Waals surface area (Å²) >= 11 is 3.42. The Kier molecular flexibility index (Phi) is 4.65. The van der Waals surface area contributed by atoms with Crippen molar-refractivity contribution in [2.75, 3.05) is 6.61 Å². The average molecular weight is 307 g/mol. The van der Waals surface area contributed by atoms with Crippen LogP contribution in [0.15, 0.2) is 53.0 Å². The Morgan fingerprint density at radius 1 is 1.06 bits per heavy atom. The Balaban J connectivity index is 1.74. The van der Waals surface area contributed by atoms with Crippen LogP contribution < -0.4 is 4.74 Å². The van der Waals surface area contributed by atoms with Crippen molar-refractivity contribution in [1.82, 2.24) is 0 Å². The molecule has 0 spiro atoms. The van der Waals surface area contributed by atoms with Gasteiger partial charge in [-0.15, -0.1) is 0 Å². The van der Waals surface area contributed by atoms with Gasteiger partial charge in [0.25, 0.3) is 0 Å². The van der Waals surface area contributed by atoms with Crippen molar-refractivity contribution in [3.05, 3.63) is 58.6 Å². The highest BCUT2D eigenvalue weighted by molar-refractivity contribution is 9.10. The summed E-state index contributed by atoms with van der Waals surface area (Å²) in [5, 5.41) is 9.29. The van der Waals surface area contributed by atoms with Crippen LogP contribution in [0, 0.1) is 0 Å². The van der Waals surface area contributed by atoms with Crippen LogP contribution in [0.3, 0.4) is 0 Å². The maximum Gasteiger partial charge on any atom is 0.122 e. The summed E-state index contributed by atoms with van der Waals surface area (Å²) < 4.78 is 6.66. The van der Waals surface area contributed by atoms with Crippen LogP contribution in [0.25, 0.3) is 0 Å². The third-order valence-electron chi connectivity index (χ3n) is 2.61. The molecule has 3 heteroatoms. The molecule has 0 radical (unpaired) electrons. The van der Waals surface area contributed by atoms with E-state index in [9.17, 15) is 5.11 Å². The second-order valence-electron chi connectivity index (χ2n) is 4.08. The van der Waals surface area contributed by atoms with Gasteiger partial charge < -0.3 is 9.84 Å². The Bertz CT molecular complexity index is 494. The van der Waals surface area contributed by atoms with Gasteiger partial charge in [0.15, 0.2) is 0 Å². The first-order chi connectivity index (χ1) is 8.74. The fraction of sp³-hybridized carbons (Fsp3) is 0.200. The molecule has 0 aromatic heterocycles. The Morgan fingerprint density at radius 2 is 1.83 bits per heavy atom. The molecular weight excluding hydrogens is 292 g/mol. The zero-order chi connectivity index (χ0) is 12.8. The molecule has 0 saturated carbocycles. The van der Waals surface area contributed by atoms with Gasteiger partial charge in [0.05, 0.1) is 6.61 Å². The van der Waals surface area contributed by atoms with Gasteiger partial charge in [-0.2, -0.15) is 0 Å². The van der Waals surface area contributed by atoms with Crippen LogP contribution in [0.4, 0.5) is 0 Å². The lowest BCUT2D eigenvalue weighted by molar-refractivity contribution is 0.309. The number of phenols is 1. The van der Waals surface area contributed by atoms with Crippen molar-refractivity contribution < 1.29 is 9.84 Å². The van der Waals surface area contributed by atoms with Crippen LogP contribution >= 0.6 is 15.9 Å². The second kappa shape index (κ2) is 6.45. The highest BCUT2D eigenvalue weighted by Crippen LogP contribution is 2.18. The van der Waals surface area contributed by atoms with Crippen LogP contribution in [-0.4, -0.2) is 11.7 Å². The summed E-state index contributed by atoms with van der Waals surface area (Å²) in [5.41, 5.74) is 1.30. The lowest BCUT2D eigenvalue weighted by Gasteiger charge is -2.06. The third-order valence-corrected chi connectivity index (χ3v) is 3.14. The molecule has 2 nitrogen and oxygen atoms in total. The number of phenolic OH excluding ortho intramolecular Hbond substituents is 1. The molecular formula is C15H15BrO2. The highest BCUT2D eigenvalue weighted by atomic mass is 79.9. The number of halogens is 1. The SMILES string of the molecule is Oc1cccc(OCCCc2ccc(Br)cc2)c1. The molecule has 94 valence electrons. The normalized spacial score (nSPS) is 10.3. The number of aryl methyl sites for hydroxylation is 1. The van der Waals surface area contributed by atoms with Gasteiger partial charge in [0, 0.05) is 10.5 Å². The topological polar surface area (TPSA) is 29.5 Å². The second-order valence-corrected chi connectivity index (χ2v) is 4.99. The van der Waals surface area contributed by atoms with Crippen molar-refractivity contribution >= 4 is 15.9 Å². The van der Waals surface area contributed by atoms with E-state index in [-0.39, 0.29) is 5.75 Å². The molecule has 2 aromatic rings. The van der Waals surface area contributed by atoms with E-state index in [0.29, 0.717) is 12.4 Å². The molecule has 2 aromatic carbocycles. The molecule has 0 aliphatic heterocycles. The molecule has 0 aliphatic carbocycles. The molecule has 0 amide bonds. The van der Waals surface area contributed by atoms with Gasteiger partial charge in [-0.1, -0.05) is 34.1 Å². The van der Waals surface area contributed by atoms with Gasteiger partial charge in [-0.25, -0.2) is 0 Å². The maximum atomic E-state index is 9.29. The molecule has 18 heavy (non-hydrogen) atoms. The summed E-state index contributed by atoms with van der Waals surface area (Å²) in [6.07, 6.45) is 1.95. The number of rotatable bonds is 5. The molecule has 1 N–H and O–H groups in total. The molecule has 0 aliphatic rings. The van der Waals surface area contributed by atoms with Gasteiger partial charge in [-0.3, -0.25) is 0 Å². The Labute approximate surface area is 115 Å². The zero-order valence-corrected chi connectivity index (χ0v) is 11.6. The molecule has 0 heterocycles. The van der Waals surface area contributed by atoms with E-state index in [0.717, 1.165) is 17.3 Å². The maximum absolute atomic E-state index is 9.29. The molecule has 0 bridgehead atoms. The number of hydrogen-bond donors (Lipinski definition) is 1. The van der Waals surface area contributed by atoms with Crippen LogP contribution in [0.1, 0.15) is 12.0 Å². The minimum Gasteiger partial charge on any atom is -0.508 e. The molecule has 0 atom stereocenters. The van der Waals surface area contributed by atoms with Crippen molar-refractivity contribution in [3.8, 4) is 11.5 Å². The first-order valence-corrected chi connectivity index (χ1v) is 6.69. The highest BCUT2D eigenvalue weighted by Gasteiger charge is 1.97. The third kappa shape index (κ3) is 4.08. The van der Waals surface area contributed by atoms with Crippen molar-refractivity contribution in [2.24, 2.45) is 0 Å². The predicted molar refractivity (Wildman–Crippen MR) is 76.1 cm³/mol. The molecule has 0 fully saturated rings. The van der Waals surface area contributed by atoms with Gasteiger partial charge in [0.1, 0.15) is 11.5 Å². The minimum absolute atomic E-state index is 0.236. The first-order valence-electron chi connectivity index (χ1n) is 5.90. The quantitative estimate of drug-likeness (QED) is 0.840. The monoisotopic (exact) mass is 306 g/mol. The fourth-order valence-corrected chi connectivity index (χ4v) is 1.96. The lowest BCUT2D eigenvalue weighted by Crippen LogP contribution is -1.99. The summed E-state index contributed by atoms with van der Waals surface area (Å²) in [6.45, 7) is 0.652. The summed E-state index contributed by atoms with van der Waals surface area (Å²) in [5.74, 6) is 0.950. The molecule has 2 rings (SSSR count). The van der Waals surface area contributed by atoms with E-state index < -0.39 is 0 Å². The minimum atomic E-state index is 0.236. The van der Waals surface area contributed by atoms with Crippen LogP contribution in [0.5, 0.6) is 11.5 Å². The van der Waals surface area contributed by atoms with E-state index in [1.807, 2.05) is 18.2 Å². The number of hydrogen-bond acceptors (Lipinski definition) is 2. The lowest BCUT2D eigenvalue weighted by atomic mass is 10.1. The molecule has 0 saturated heterocycles. The Morgan fingerprint density at radius 3 is 2.56 bits per heavy atom. The fourth-order valence-electron chi connectivity index (χ4n) is 1.69. The largest absolute Gasteiger partial charge is 0.508 e. The van der Waals surface area contributed by atoms with Gasteiger partial charge in [0.2, 0.25) is 0 Å². The zero-order valence-electron chi connectivity index (χ0n) is 9.97. The summed E-state index contributed by atoms with van der Waals surface area (Å²) in [7, 11) is 0. The number of aromatic hydroxyl groups is 1. The van der Waals surface area contributed by atoms with Crippen LogP contribution in [-0.2, 0) is 6.42 Å². The van der Waals surface area contributed by atoms with Crippen LogP contribution in [0.2, 0.25) is 0 Å². The molecule has 0 unspecified atom stereocenters. The van der Waals surface area contributed by atoms with Gasteiger partial charge >= 0.3 is 0 Å². The average Bonchev–Trinajstić information content (AvgIpc) is 2.37. The number of ether oxygens (including phenoxy) is 1. The first kappa shape index (κ1) is 13.0. The predicted octanol–water partition coefficient (Wildman–Crippen LogP) is 4.17. The smallest absolute Gasteiger partial charge is 0.122 e. The number of benzene rings is 2. The van der Waals surface area contributed by atoms with Gasteiger partial charge in [-0.05, 0) is 42.7 Å². The van der Waals surface area contributed by atoms with E-state index in [1.165, 1.54) is 5.56 Å². The van der Waals surface area contributed by atoms with E-state index in [1.54, 1.807) is 18.2 Å². The summed E-state index contributed by atoms with van der Waals surface area (Å²) in [4.78, 5) is 0. The van der Waals surface area contributed by atoms with E-state index >= 15 is 0 Å². The van der Waals surface area contributed by atoms with E-state index in [2.05, 4.69) is 28.1 Å². The van der Waals surface area contributed by atoms with Crippen molar-refractivity contribution in [2.45, 2.75) is 12.8 Å². The Hall–Kier alpha value is -1.48. The van der Waals surface area contributed by atoms with Crippen molar-refractivity contribution in [1.29, 1.82) is 0 Å². The summed E-state index contributed by atoms with van der Waals surface area (Å²) in [6, 6.07) is 15.2. The standard InChI is InChI=1S/C15H15BrO2/c16-13-8-6-12(7-9-13)3-2-10-18-15-5-1-4-14(17)11-15/h1,4-9,11,17H,2-3,10H2. The van der Waals surface area contributed by atoms with Crippen molar-refractivity contribution in [3.63, 3.8) is 0 Å². The van der Waals surface area contributed by atoms with E-state index in [4.69, 9.17) is 4.74 Å².